The first-order valence-corrected chi connectivity index (χ1v) is 6.42. The highest BCUT2D eigenvalue weighted by Gasteiger charge is 2.24. The fraction of sp³-hybridized carbons (Fsp3) is 0.833. The Labute approximate surface area is 103 Å². The molecule has 0 spiro atoms. The summed E-state index contributed by atoms with van der Waals surface area (Å²) in [5, 5.41) is 5.26. The first-order valence-electron chi connectivity index (χ1n) is 6.42. The van der Waals surface area contributed by atoms with Crippen LogP contribution in [0.5, 0.6) is 0 Å². The minimum absolute atomic E-state index is 0.0641. The summed E-state index contributed by atoms with van der Waals surface area (Å²) in [6.45, 7) is 2.50. The van der Waals surface area contributed by atoms with E-state index in [1.54, 1.807) is 0 Å². The first-order chi connectivity index (χ1) is 8.13. The summed E-state index contributed by atoms with van der Waals surface area (Å²) < 4.78 is 0. The van der Waals surface area contributed by atoms with Crippen LogP contribution < -0.4 is 16.4 Å². The van der Waals surface area contributed by atoms with Crippen molar-refractivity contribution in [1.82, 2.24) is 10.6 Å². The second-order valence-electron chi connectivity index (χ2n) is 4.64. The van der Waals surface area contributed by atoms with Gasteiger partial charge in [-0.1, -0.05) is 12.8 Å². The van der Waals surface area contributed by atoms with Gasteiger partial charge in [-0.15, -0.1) is 0 Å². The maximum atomic E-state index is 11.6. The third kappa shape index (κ3) is 5.17. The maximum absolute atomic E-state index is 11.6. The summed E-state index contributed by atoms with van der Waals surface area (Å²) in [6, 6.07) is 0.138. The Morgan fingerprint density at radius 2 is 1.88 bits per heavy atom. The fourth-order valence-electron chi connectivity index (χ4n) is 2.24. The van der Waals surface area contributed by atoms with E-state index in [0.717, 1.165) is 25.7 Å². The molecular weight excluding hydrogens is 218 g/mol. The zero-order valence-corrected chi connectivity index (χ0v) is 10.5. The van der Waals surface area contributed by atoms with Crippen LogP contribution in [0.1, 0.15) is 39.0 Å². The number of nitrogens with one attached hydrogen (secondary N) is 2. The Kier molecular flexibility index (Phi) is 5.97. The van der Waals surface area contributed by atoms with E-state index in [4.69, 9.17) is 5.73 Å². The van der Waals surface area contributed by atoms with E-state index in [-0.39, 0.29) is 30.3 Å². The number of hydrogen-bond acceptors (Lipinski definition) is 3. The molecule has 0 saturated heterocycles. The predicted molar refractivity (Wildman–Crippen MR) is 66.2 cm³/mol. The van der Waals surface area contributed by atoms with Crippen molar-refractivity contribution in [2.24, 2.45) is 11.7 Å². The van der Waals surface area contributed by atoms with Crippen molar-refractivity contribution < 1.29 is 9.59 Å². The second kappa shape index (κ2) is 7.27. The highest BCUT2D eigenvalue weighted by atomic mass is 16.2. The normalized spacial score (nSPS) is 24.1. The fourth-order valence-corrected chi connectivity index (χ4v) is 2.24. The molecule has 0 heterocycles. The van der Waals surface area contributed by atoms with Gasteiger partial charge in [0.25, 0.3) is 0 Å². The SMILES string of the molecule is CCNC(=O)CNC(=O)CC1CCCCC1N. The minimum Gasteiger partial charge on any atom is -0.355 e. The minimum atomic E-state index is -0.145. The summed E-state index contributed by atoms with van der Waals surface area (Å²) in [5.41, 5.74) is 5.97. The largest absolute Gasteiger partial charge is 0.355 e. The van der Waals surface area contributed by atoms with Crippen LogP contribution in [-0.2, 0) is 9.59 Å². The topological polar surface area (TPSA) is 84.2 Å². The number of carbonyl (C=O) groups is 2. The molecule has 0 aliphatic heterocycles. The summed E-state index contributed by atoms with van der Waals surface area (Å²) in [7, 11) is 0. The molecule has 2 amide bonds. The number of hydrogen-bond donors (Lipinski definition) is 3. The van der Waals surface area contributed by atoms with Gasteiger partial charge >= 0.3 is 0 Å². The lowest BCUT2D eigenvalue weighted by Gasteiger charge is -2.27. The highest BCUT2D eigenvalue weighted by Crippen LogP contribution is 2.25. The molecule has 5 nitrogen and oxygen atoms in total. The molecule has 0 bridgehead atoms. The average molecular weight is 241 g/mol. The van der Waals surface area contributed by atoms with Crippen molar-refractivity contribution in [1.29, 1.82) is 0 Å². The summed E-state index contributed by atoms with van der Waals surface area (Å²) in [4.78, 5) is 22.8. The average Bonchev–Trinajstić information content (AvgIpc) is 2.30. The second-order valence-corrected chi connectivity index (χ2v) is 4.64. The molecule has 1 saturated carbocycles. The van der Waals surface area contributed by atoms with Crippen LogP contribution in [0.3, 0.4) is 0 Å². The quantitative estimate of drug-likeness (QED) is 0.640. The van der Waals surface area contributed by atoms with E-state index in [1.165, 1.54) is 0 Å². The number of rotatable bonds is 5. The van der Waals surface area contributed by atoms with Gasteiger partial charge in [0.15, 0.2) is 0 Å². The number of likely N-dealkylation sites (N-methyl/N-ethyl adjacent to an activating group) is 1. The molecule has 1 rings (SSSR count). The number of amides is 2. The van der Waals surface area contributed by atoms with E-state index in [9.17, 15) is 9.59 Å². The monoisotopic (exact) mass is 241 g/mol. The van der Waals surface area contributed by atoms with Gasteiger partial charge < -0.3 is 16.4 Å². The molecule has 98 valence electrons. The first kappa shape index (κ1) is 14.0. The van der Waals surface area contributed by atoms with Gasteiger partial charge in [-0.3, -0.25) is 9.59 Å². The molecule has 0 aromatic heterocycles. The van der Waals surface area contributed by atoms with Crippen molar-refractivity contribution in [3.8, 4) is 0 Å². The molecular formula is C12H23N3O2. The van der Waals surface area contributed by atoms with Crippen LogP contribution in [0.15, 0.2) is 0 Å². The van der Waals surface area contributed by atoms with Crippen molar-refractivity contribution in [3.63, 3.8) is 0 Å². The highest BCUT2D eigenvalue weighted by molar-refractivity contribution is 5.84. The van der Waals surface area contributed by atoms with Crippen molar-refractivity contribution in [2.75, 3.05) is 13.1 Å². The van der Waals surface area contributed by atoms with Gasteiger partial charge in [0, 0.05) is 19.0 Å². The Balaban J connectivity index is 2.22. The van der Waals surface area contributed by atoms with E-state index in [1.807, 2.05) is 6.92 Å². The molecule has 1 fully saturated rings. The van der Waals surface area contributed by atoms with Crippen LogP contribution in [0.2, 0.25) is 0 Å². The third-order valence-corrected chi connectivity index (χ3v) is 3.24. The molecule has 2 unspecified atom stereocenters. The smallest absolute Gasteiger partial charge is 0.239 e. The zero-order chi connectivity index (χ0) is 12.7. The molecule has 4 N–H and O–H groups in total. The lowest BCUT2D eigenvalue weighted by atomic mass is 9.83. The van der Waals surface area contributed by atoms with Gasteiger partial charge in [0.1, 0.15) is 0 Å². The van der Waals surface area contributed by atoms with Crippen molar-refractivity contribution in [2.45, 2.75) is 45.1 Å². The van der Waals surface area contributed by atoms with Gasteiger partial charge in [-0.05, 0) is 25.7 Å². The van der Waals surface area contributed by atoms with Gasteiger partial charge in [0.05, 0.1) is 6.54 Å². The van der Waals surface area contributed by atoms with Gasteiger partial charge in [-0.2, -0.15) is 0 Å². The van der Waals surface area contributed by atoms with Crippen LogP contribution in [0, 0.1) is 5.92 Å². The van der Waals surface area contributed by atoms with Crippen LogP contribution >= 0.6 is 0 Å². The third-order valence-electron chi connectivity index (χ3n) is 3.24. The van der Waals surface area contributed by atoms with Crippen molar-refractivity contribution in [3.05, 3.63) is 0 Å². The zero-order valence-electron chi connectivity index (χ0n) is 10.5. The lowest BCUT2D eigenvalue weighted by molar-refractivity contribution is -0.126. The maximum Gasteiger partial charge on any atom is 0.239 e. The summed E-state index contributed by atoms with van der Waals surface area (Å²) in [5.74, 6) is 0.0605. The Morgan fingerprint density at radius 3 is 2.53 bits per heavy atom. The molecule has 0 aromatic carbocycles. The molecule has 1 aliphatic carbocycles. The van der Waals surface area contributed by atoms with Crippen LogP contribution in [-0.4, -0.2) is 30.9 Å². The molecule has 17 heavy (non-hydrogen) atoms. The Hall–Kier alpha value is -1.10. The van der Waals surface area contributed by atoms with Gasteiger partial charge in [0.2, 0.25) is 11.8 Å². The van der Waals surface area contributed by atoms with E-state index in [2.05, 4.69) is 10.6 Å². The Bertz CT molecular complexity index is 268. The van der Waals surface area contributed by atoms with E-state index < -0.39 is 0 Å². The predicted octanol–water partition coefficient (Wildman–Crippen LogP) is 0.146. The van der Waals surface area contributed by atoms with Gasteiger partial charge in [-0.25, -0.2) is 0 Å². The molecule has 5 heteroatoms. The van der Waals surface area contributed by atoms with E-state index >= 15 is 0 Å². The summed E-state index contributed by atoms with van der Waals surface area (Å²) >= 11 is 0. The van der Waals surface area contributed by atoms with Crippen LogP contribution in [0.4, 0.5) is 0 Å². The molecule has 1 aliphatic rings. The van der Waals surface area contributed by atoms with Crippen LogP contribution in [0.25, 0.3) is 0 Å². The Morgan fingerprint density at radius 1 is 1.18 bits per heavy atom. The lowest BCUT2D eigenvalue weighted by Crippen LogP contribution is -2.40. The molecule has 0 aromatic rings. The standard InChI is InChI=1S/C12H23N3O2/c1-2-14-12(17)8-15-11(16)7-9-5-3-4-6-10(9)13/h9-10H,2-8,13H2,1H3,(H,14,17)(H,15,16). The molecule has 2 atom stereocenters. The summed E-state index contributed by atoms with van der Waals surface area (Å²) in [6.07, 6.45) is 4.80. The van der Waals surface area contributed by atoms with Crippen molar-refractivity contribution >= 4 is 11.8 Å². The van der Waals surface area contributed by atoms with E-state index in [0.29, 0.717) is 13.0 Å². The molecule has 0 radical (unpaired) electrons. The number of nitrogens with two attached hydrogens (primary N) is 1. The number of carbonyl (C=O) groups excluding carboxylic acids is 2.